The summed E-state index contributed by atoms with van der Waals surface area (Å²) in [6.07, 6.45) is 45.3. The number of hydrogen-bond acceptors (Lipinski definition) is 3. The molecule has 0 amide bonds. The molecule has 0 aromatic rings. The van der Waals surface area contributed by atoms with Gasteiger partial charge in [0.15, 0.2) is 0 Å². The predicted octanol–water partition coefficient (Wildman–Crippen LogP) is 12.9. The lowest BCUT2D eigenvalue weighted by molar-refractivity contribution is 0.469. The van der Waals surface area contributed by atoms with Crippen LogP contribution in [0.2, 0.25) is 0 Å². The van der Waals surface area contributed by atoms with Crippen LogP contribution in [-0.4, -0.2) is 15.3 Å². The summed E-state index contributed by atoms with van der Waals surface area (Å²) in [7, 11) is 0. The minimum Gasteiger partial charge on any atom is -0.516 e. The maximum Gasteiger partial charge on any atom is 0.0791 e. The van der Waals surface area contributed by atoms with Gasteiger partial charge >= 0.3 is 0 Å². The van der Waals surface area contributed by atoms with E-state index in [4.69, 9.17) is 15.3 Å². The predicted molar refractivity (Wildman–Crippen MR) is 172 cm³/mol. The SMILES string of the molecule is CCCCCC/C=C\O.CCCCCCCCC/C=C\C=C\O.CCCCCCCCCC/C=C\C=C\O. The summed E-state index contributed by atoms with van der Waals surface area (Å²) < 4.78 is 0. The third kappa shape index (κ3) is 50.9. The molecule has 0 bridgehead atoms. The molecule has 224 valence electrons. The van der Waals surface area contributed by atoms with Gasteiger partial charge in [-0.25, -0.2) is 0 Å². The largest absolute Gasteiger partial charge is 0.516 e. The molecule has 0 aromatic carbocycles. The third-order valence-electron chi connectivity index (χ3n) is 6.19. The van der Waals surface area contributed by atoms with Crippen molar-refractivity contribution in [3.05, 3.63) is 61.3 Å². The number of aliphatic hydroxyl groups is 3. The first kappa shape index (κ1) is 40.6. The van der Waals surface area contributed by atoms with E-state index in [0.29, 0.717) is 0 Å². The van der Waals surface area contributed by atoms with Crippen molar-refractivity contribution in [2.24, 2.45) is 0 Å². The second-order valence-electron chi connectivity index (χ2n) is 9.95. The Hall–Kier alpha value is -1.90. The van der Waals surface area contributed by atoms with E-state index in [1.807, 2.05) is 12.2 Å². The molecular formula is C35H66O3. The molecule has 0 rings (SSSR count). The fourth-order valence-corrected chi connectivity index (χ4v) is 3.83. The molecule has 0 aliphatic carbocycles. The first-order valence-electron chi connectivity index (χ1n) is 16.0. The molecule has 0 heterocycles. The first-order chi connectivity index (χ1) is 18.7. The van der Waals surface area contributed by atoms with Crippen LogP contribution < -0.4 is 0 Å². The Bertz CT molecular complexity index is 517. The monoisotopic (exact) mass is 535 g/mol. The van der Waals surface area contributed by atoms with E-state index in [-0.39, 0.29) is 0 Å². The summed E-state index contributed by atoms with van der Waals surface area (Å²) in [6, 6.07) is 0. The highest BCUT2D eigenvalue weighted by atomic mass is 16.2. The Morgan fingerprint density at radius 2 is 0.605 bits per heavy atom. The zero-order valence-electron chi connectivity index (χ0n) is 25.7. The molecule has 0 atom stereocenters. The fraction of sp³-hybridized carbons (Fsp3) is 0.714. The molecule has 0 aliphatic rings. The van der Waals surface area contributed by atoms with E-state index in [9.17, 15) is 0 Å². The molecule has 3 N–H and O–H groups in total. The van der Waals surface area contributed by atoms with Crippen molar-refractivity contribution >= 4 is 0 Å². The molecule has 38 heavy (non-hydrogen) atoms. The van der Waals surface area contributed by atoms with Gasteiger partial charge in [0.1, 0.15) is 0 Å². The van der Waals surface area contributed by atoms with Crippen molar-refractivity contribution in [1.29, 1.82) is 0 Å². The maximum atomic E-state index is 8.38. The van der Waals surface area contributed by atoms with Gasteiger partial charge in [-0.05, 0) is 50.7 Å². The van der Waals surface area contributed by atoms with Crippen LogP contribution in [0.3, 0.4) is 0 Å². The molecular weight excluding hydrogens is 468 g/mol. The fourth-order valence-electron chi connectivity index (χ4n) is 3.83. The van der Waals surface area contributed by atoms with Gasteiger partial charge in [0.25, 0.3) is 0 Å². The second kappa shape index (κ2) is 45.0. The molecule has 3 nitrogen and oxygen atoms in total. The van der Waals surface area contributed by atoms with Gasteiger partial charge in [-0.2, -0.15) is 0 Å². The van der Waals surface area contributed by atoms with Crippen molar-refractivity contribution in [3.8, 4) is 0 Å². The van der Waals surface area contributed by atoms with Crippen molar-refractivity contribution in [1.82, 2.24) is 0 Å². The molecule has 3 heteroatoms. The summed E-state index contributed by atoms with van der Waals surface area (Å²) in [5.41, 5.74) is 0. The smallest absolute Gasteiger partial charge is 0.0791 e. The minimum atomic E-state index is 1.02. The number of allylic oxidation sites excluding steroid dienone is 7. The van der Waals surface area contributed by atoms with Gasteiger partial charge in [0, 0.05) is 0 Å². The van der Waals surface area contributed by atoms with E-state index in [1.54, 1.807) is 18.2 Å². The van der Waals surface area contributed by atoms with E-state index in [0.717, 1.165) is 38.0 Å². The average molecular weight is 535 g/mol. The van der Waals surface area contributed by atoms with Gasteiger partial charge in [-0.3, -0.25) is 0 Å². The zero-order chi connectivity index (χ0) is 28.6. The zero-order valence-corrected chi connectivity index (χ0v) is 25.7. The van der Waals surface area contributed by atoms with Gasteiger partial charge in [0.2, 0.25) is 0 Å². The van der Waals surface area contributed by atoms with Crippen LogP contribution in [0.1, 0.15) is 162 Å². The Labute approximate surface area is 238 Å². The Balaban J connectivity index is -0.000000499. The average Bonchev–Trinajstić information content (AvgIpc) is 2.93. The number of hydrogen-bond donors (Lipinski definition) is 3. The molecule has 0 saturated carbocycles. The molecule has 0 unspecified atom stereocenters. The van der Waals surface area contributed by atoms with Gasteiger partial charge in [-0.15, -0.1) is 0 Å². The number of aliphatic hydroxyl groups excluding tert-OH is 3. The van der Waals surface area contributed by atoms with Crippen LogP contribution >= 0.6 is 0 Å². The maximum absolute atomic E-state index is 8.38. The van der Waals surface area contributed by atoms with Crippen molar-refractivity contribution in [2.75, 3.05) is 0 Å². The summed E-state index contributed by atoms with van der Waals surface area (Å²) in [4.78, 5) is 0. The van der Waals surface area contributed by atoms with E-state index in [1.165, 1.54) is 122 Å². The molecule has 0 fully saturated rings. The topological polar surface area (TPSA) is 60.7 Å². The summed E-state index contributed by atoms with van der Waals surface area (Å²) in [6.45, 7) is 6.70. The Kier molecular flexibility index (Phi) is 48.1. The van der Waals surface area contributed by atoms with Crippen molar-refractivity contribution in [3.63, 3.8) is 0 Å². The van der Waals surface area contributed by atoms with Gasteiger partial charge in [0.05, 0.1) is 18.8 Å². The molecule has 0 aromatic heterocycles. The van der Waals surface area contributed by atoms with E-state index in [2.05, 4.69) is 32.9 Å². The van der Waals surface area contributed by atoms with Crippen LogP contribution in [0, 0.1) is 0 Å². The quantitative estimate of drug-likeness (QED) is 0.0655. The third-order valence-corrected chi connectivity index (χ3v) is 6.19. The lowest BCUT2D eigenvalue weighted by Gasteiger charge is -1.99. The van der Waals surface area contributed by atoms with Crippen molar-refractivity contribution in [2.45, 2.75) is 162 Å². The van der Waals surface area contributed by atoms with Gasteiger partial charge < -0.3 is 15.3 Å². The molecule has 0 spiro atoms. The summed E-state index contributed by atoms with van der Waals surface area (Å²) in [5, 5.41) is 25.0. The number of rotatable bonds is 24. The highest BCUT2D eigenvalue weighted by Gasteiger charge is 1.90. The van der Waals surface area contributed by atoms with E-state index < -0.39 is 0 Å². The first-order valence-corrected chi connectivity index (χ1v) is 16.0. The standard InChI is InChI=1S/C14H26O.C13H24O.C8H16O/c1-2-3-4-5-6-7-8-9-10-11-12-13-14-15;1-2-3-4-5-6-7-8-9-10-11-12-13-14;1-2-3-4-5-6-7-8-9/h11-15H,2-10H2,1H3;10-14H,2-9H2,1H3;7-9H,2-6H2,1H3/b12-11-,14-13+;11-10-,13-12+;8-7-. The molecule has 0 saturated heterocycles. The highest BCUT2D eigenvalue weighted by Crippen LogP contribution is 2.10. The van der Waals surface area contributed by atoms with Crippen LogP contribution in [0.25, 0.3) is 0 Å². The summed E-state index contributed by atoms with van der Waals surface area (Å²) in [5.74, 6) is 0. The van der Waals surface area contributed by atoms with E-state index >= 15 is 0 Å². The minimum absolute atomic E-state index is 1.02. The summed E-state index contributed by atoms with van der Waals surface area (Å²) >= 11 is 0. The lowest BCUT2D eigenvalue weighted by atomic mass is 10.1. The Morgan fingerprint density at radius 1 is 0.316 bits per heavy atom. The lowest BCUT2D eigenvalue weighted by Crippen LogP contribution is -1.79. The molecule has 0 radical (unpaired) electrons. The second-order valence-corrected chi connectivity index (χ2v) is 9.95. The van der Waals surface area contributed by atoms with Crippen LogP contribution in [-0.2, 0) is 0 Å². The van der Waals surface area contributed by atoms with Crippen molar-refractivity contribution < 1.29 is 15.3 Å². The Morgan fingerprint density at radius 3 is 0.921 bits per heavy atom. The van der Waals surface area contributed by atoms with Crippen LogP contribution in [0.5, 0.6) is 0 Å². The highest BCUT2D eigenvalue weighted by molar-refractivity contribution is 4.99. The van der Waals surface area contributed by atoms with Crippen LogP contribution in [0.4, 0.5) is 0 Å². The normalized spacial score (nSPS) is 11.6. The molecule has 0 aliphatic heterocycles. The van der Waals surface area contributed by atoms with Gasteiger partial charge in [-0.1, -0.05) is 154 Å². The van der Waals surface area contributed by atoms with Crippen LogP contribution in [0.15, 0.2) is 61.3 Å². The number of unbranched alkanes of at least 4 members (excludes halogenated alkanes) is 19.